The zero-order valence-electron chi connectivity index (χ0n) is 14.8. The fourth-order valence-corrected chi connectivity index (χ4v) is 2.77. The molecule has 4 aromatic rings. The Morgan fingerprint density at radius 2 is 1.96 bits per heavy atom. The number of amides is 1. The minimum atomic E-state index is -0.283. The molecule has 0 radical (unpaired) electrons. The van der Waals surface area contributed by atoms with E-state index >= 15 is 0 Å². The number of aromatic nitrogens is 2. The van der Waals surface area contributed by atoms with Gasteiger partial charge in [-0.3, -0.25) is 9.78 Å². The third-order valence-electron chi connectivity index (χ3n) is 3.86. The minimum absolute atomic E-state index is 0.274. The molecule has 2 N–H and O–H groups in total. The quantitative estimate of drug-likeness (QED) is 0.506. The van der Waals surface area contributed by atoms with Crippen molar-refractivity contribution in [1.82, 2.24) is 15.3 Å². The molecular formula is C20H15ClN4O3. The van der Waals surface area contributed by atoms with Crippen LogP contribution in [0.1, 0.15) is 10.5 Å². The monoisotopic (exact) mass is 394 g/mol. The van der Waals surface area contributed by atoms with E-state index in [1.165, 1.54) is 6.20 Å². The summed E-state index contributed by atoms with van der Waals surface area (Å²) in [6.45, 7) is 0. The molecule has 2 aromatic carbocycles. The predicted molar refractivity (Wildman–Crippen MR) is 106 cm³/mol. The van der Waals surface area contributed by atoms with Crippen LogP contribution < -0.4 is 15.4 Å². The van der Waals surface area contributed by atoms with Crippen LogP contribution in [0.5, 0.6) is 11.5 Å². The number of fused-ring (bicyclic) bond motifs is 1. The van der Waals surface area contributed by atoms with Gasteiger partial charge in [0.25, 0.3) is 11.9 Å². The zero-order valence-corrected chi connectivity index (χ0v) is 15.5. The Balaban J connectivity index is 1.56. The van der Waals surface area contributed by atoms with E-state index in [0.717, 1.165) is 5.69 Å². The summed E-state index contributed by atoms with van der Waals surface area (Å²) < 4.78 is 11.5. The van der Waals surface area contributed by atoms with Crippen LogP contribution in [0.4, 0.5) is 11.7 Å². The van der Waals surface area contributed by atoms with E-state index in [-0.39, 0.29) is 11.6 Å². The van der Waals surface area contributed by atoms with Crippen LogP contribution in [0.15, 0.2) is 65.2 Å². The first-order valence-electron chi connectivity index (χ1n) is 8.40. The summed E-state index contributed by atoms with van der Waals surface area (Å²) in [6, 6.07) is 16.1. The van der Waals surface area contributed by atoms with Crippen LogP contribution in [-0.4, -0.2) is 22.9 Å². The van der Waals surface area contributed by atoms with Crippen molar-refractivity contribution in [2.24, 2.45) is 0 Å². The van der Waals surface area contributed by atoms with Gasteiger partial charge in [0.1, 0.15) is 22.7 Å². The largest absolute Gasteiger partial charge is 0.457 e. The fraction of sp³-hybridized carbons (Fsp3) is 0.0500. The van der Waals surface area contributed by atoms with Crippen LogP contribution in [0.2, 0.25) is 5.02 Å². The van der Waals surface area contributed by atoms with Gasteiger partial charge in [0, 0.05) is 36.1 Å². The van der Waals surface area contributed by atoms with Crippen molar-refractivity contribution in [3.05, 3.63) is 71.5 Å². The van der Waals surface area contributed by atoms with Gasteiger partial charge in [-0.25, -0.2) is 0 Å². The van der Waals surface area contributed by atoms with E-state index in [0.29, 0.717) is 33.6 Å². The third-order valence-corrected chi connectivity index (χ3v) is 4.10. The number of halogens is 1. The maximum absolute atomic E-state index is 11.7. The molecule has 8 heteroatoms. The molecule has 2 aromatic heterocycles. The summed E-state index contributed by atoms with van der Waals surface area (Å²) in [5, 5.41) is 6.22. The second-order valence-electron chi connectivity index (χ2n) is 5.84. The highest BCUT2D eigenvalue weighted by molar-refractivity contribution is 6.30. The van der Waals surface area contributed by atoms with Crippen molar-refractivity contribution < 1.29 is 13.9 Å². The molecule has 0 saturated heterocycles. The molecule has 7 nitrogen and oxygen atoms in total. The standard InChI is InChI=1S/C20H15ClN4O3/c1-22-19(26)17-11-15(7-8-23-17)27-14-5-6-18-16(10-14)25-20(28-18)24-13-4-2-3-12(21)9-13/h2-11H,1H3,(H,22,26)(H,24,25). The van der Waals surface area contributed by atoms with E-state index in [2.05, 4.69) is 20.6 Å². The number of anilines is 2. The van der Waals surface area contributed by atoms with Crippen molar-refractivity contribution in [2.75, 3.05) is 12.4 Å². The Morgan fingerprint density at radius 3 is 2.79 bits per heavy atom. The van der Waals surface area contributed by atoms with Crippen LogP contribution in [-0.2, 0) is 0 Å². The lowest BCUT2D eigenvalue weighted by Gasteiger charge is -2.06. The average Bonchev–Trinajstić information content (AvgIpc) is 3.09. The van der Waals surface area contributed by atoms with Gasteiger partial charge in [-0.05, 0) is 36.4 Å². The first kappa shape index (κ1) is 17.8. The van der Waals surface area contributed by atoms with Crippen LogP contribution in [0.25, 0.3) is 11.1 Å². The van der Waals surface area contributed by atoms with Gasteiger partial charge in [0.05, 0.1) is 0 Å². The van der Waals surface area contributed by atoms with E-state index in [4.69, 9.17) is 20.8 Å². The third kappa shape index (κ3) is 3.89. The van der Waals surface area contributed by atoms with Crippen molar-refractivity contribution in [1.29, 1.82) is 0 Å². The second-order valence-corrected chi connectivity index (χ2v) is 6.28. The van der Waals surface area contributed by atoms with Gasteiger partial charge in [0.2, 0.25) is 0 Å². The van der Waals surface area contributed by atoms with E-state index < -0.39 is 0 Å². The molecule has 0 aliphatic carbocycles. The number of rotatable bonds is 5. The Morgan fingerprint density at radius 1 is 1.11 bits per heavy atom. The van der Waals surface area contributed by atoms with Crippen LogP contribution in [0.3, 0.4) is 0 Å². The van der Waals surface area contributed by atoms with Crippen LogP contribution in [0, 0.1) is 0 Å². The molecule has 0 aliphatic heterocycles. The molecule has 4 rings (SSSR count). The predicted octanol–water partition coefficient (Wildman–Crippen LogP) is 4.77. The molecule has 0 aliphatic rings. The highest BCUT2D eigenvalue weighted by Crippen LogP contribution is 2.28. The number of oxazole rings is 1. The summed E-state index contributed by atoms with van der Waals surface area (Å²) in [6.07, 6.45) is 1.52. The number of nitrogens with one attached hydrogen (secondary N) is 2. The highest BCUT2D eigenvalue weighted by Gasteiger charge is 2.10. The molecule has 0 fully saturated rings. The molecular weight excluding hydrogens is 380 g/mol. The van der Waals surface area contributed by atoms with Crippen molar-refractivity contribution in [3.63, 3.8) is 0 Å². The number of carbonyl (C=O) groups excluding carboxylic acids is 1. The summed E-state index contributed by atoms with van der Waals surface area (Å²) >= 11 is 5.99. The first-order valence-corrected chi connectivity index (χ1v) is 8.78. The molecule has 1 amide bonds. The average molecular weight is 395 g/mol. The molecule has 2 heterocycles. The van der Waals surface area contributed by atoms with Gasteiger partial charge >= 0.3 is 0 Å². The molecule has 140 valence electrons. The Kier molecular flexibility index (Phi) is 4.82. The van der Waals surface area contributed by atoms with Crippen molar-refractivity contribution in [3.8, 4) is 11.5 Å². The Labute approximate surface area is 165 Å². The normalized spacial score (nSPS) is 10.6. The van der Waals surface area contributed by atoms with Gasteiger partial charge in [-0.15, -0.1) is 0 Å². The number of hydrogen-bond acceptors (Lipinski definition) is 6. The number of carbonyl (C=O) groups is 1. The molecule has 28 heavy (non-hydrogen) atoms. The lowest BCUT2D eigenvalue weighted by Crippen LogP contribution is -2.18. The zero-order chi connectivity index (χ0) is 19.5. The first-order chi connectivity index (χ1) is 13.6. The minimum Gasteiger partial charge on any atom is -0.457 e. The molecule has 0 unspecified atom stereocenters. The smallest absolute Gasteiger partial charge is 0.300 e. The number of pyridine rings is 1. The topological polar surface area (TPSA) is 89.3 Å². The summed E-state index contributed by atoms with van der Waals surface area (Å²) in [7, 11) is 1.55. The maximum Gasteiger partial charge on any atom is 0.300 e. The molecule has 0 atom stereocenters. The van der Waals surface area contributed by atoms with E-state index in [9.17, 15) is 4.79 Å². The van der Waals surface area contributed by atoms with E-state index in [1.54, 1.807) is 49.5 Å². The molecule has 0 bridgehead atoms. The van der Waals surface area contributed by atoms with Gasteiger partial charge in [-0.2, -0.15) is 4.98 Å². The Hall–Kier alpha value is -3.58. The lowest BCUT2D eigenvalue weighted by molar-refractivity contribution is 0.0958. The van der Waals surface area contributed by atoms with Crippen LogP contribution >= 0.6 is 11.6 Å². The Bertz CT molecular complexity index is 1160. The molecule has 0 spiro atoms. The van der Waals surface area contributed by atoms with Crippen molar-refractivity contribution >= 4 is 40.3 Å². The highest BCUT2D eigenvalue weighted by atomic mass is 35.5. The number of hydrogen-bond donors (Lipinski definition) is 2. The van der Waals surface area contributed by atoms with E-state index in [1.807, 2.05) is 12.1 Å². The second kappa shape index (κ2) is 7.58. The number of nitrogens with zero attached hydrogens (tertiary/aromatic N) is 2. The molecule has 0 saturated carbocycles. The fourth-order valence-electron chi connectivity index (χ4n) is 2.58. The lowest BCUT2D eigenvalue weighted by atomic mass is 10.3. The maximum atomic E-state index is 11.7. The number of ether oxygens (including phenoxy) is 1. The summed E-state index contributed by atoms with van der Waals surface area (Å²) in [5.74, 6) is 0.770. The van der Waals surface area contributed by atoms with Gasteiger partial charge in [0.15, 0.2) is 5.58 Å². The van der Waals surface area contributed by atoms with Gasteiger partial charge in [-0.1, -0.05) is 17.7 Å². The summed E-state index contributed by atoms with van der Waals surface area (Å²) in [4.78, 5) is 20.1. The van der Waals surface area contributed by atoms with Crippen molar-refractivity contribution in [2.45, 2.75) is 0 Å². The van der Waals surface area contributed by atoms with Gasteiger partial charge < -0.3 is 19.8 Å². The SMILES string of the molecule is CNC(=O)c1cc(Oc2ccc3oc(Nc4cccc(Cl)c4)nc3c2)ccn1. The number of benzene rings is 2. The summed E-state index contributed by atoms with van der Waals surface area (Å²) in [5.41, 5.74) is 2.28.